The third-order valence-corrected chi connectivity index (χ3v) is 9.59. The van der Waals surface area contributed by atoms with E-state index in [9.17, 15) is 45.3 Å². The van der Waals surface area contributed by atoms with E-state index in [0.29, 0.717) is 12.8 Å². The van der Waals surface area contributed by atoms with Crippen molar-refractivity contribution in [2.45, 2.75) is 197 Å². The van der Waals surface area contributed by atoms with Crippen LogP contribution in [0.5, 0.6) is 0 Å². The van der Waals surface area contributed by atoms with Crippen molar-refractivity contribution in [3.8, 4) is 0 Å². The van der Waals surface area contributed by atoms with Gasteiger partial charge >= 0.3 is 11.9 Å². The maximum absolute atomic E-state index is 12.8. The Hall–Kier alpha value is -1.50. The fourth-order valence-corrected chi connectivity index (χ4v) is 6.21. The van der Waals surface area contributed by atoms with E-state index in [0.717, 1.165) is 51.4 Å². The van der Waals surface area contributed by atoms with Gasteiger partial charge in [-0.2, -0.15) is 0 Å². The minimum Gasteiger partial charge on any atom is -0.462 e. The minimum atomic E-state index is -1.75. The first kappa shape index (κ1) is 46.7. The Kier molecular flexibility index (Phi) is 24.3. The molecule has 15 heteroatoms. The van der Waals surface area contributed by atoms with Crippen molar-refractivity contribution in [2.75, 3.05) is 26.4 Å². The molecule has 0 saturated carbocycles. The molecule has 2 aliphatic heterocycles. The summed E-state index contributed by atoms with van der Waals surface area (Å²) in [6, 6.07) is 0. The zero-order valence-corrected chi connectivity index (χ0v) is 31.3. The number of ether oxygens (including phenoxy) is 6. The second-order valence-electron chi connectivity index (χ2n) is 14.1. The number of hydrogen-bond donors (Lipinski definition) is 7. The highest BCUT2D eigenvalue weighted by molar-refractivity contribution is 5.70. The highest BCUT2D eigenvalue weighted by Gasteiger charge is 2.47. The van der Waals surface area contributed by atoms with Gasteiger partial charge in [-0.1, -0.05) is 104 Å². The lowest BCUT2D eigenvalue weighted by atomic mass is 9.98. The number of carbonyl (C=O) groups is 2. The lowest BCUT2D eigenvalue weighted by Crippen LogP contribution is -2.61. The van der Waals surface area contributed by atoms with Gasteiger partial charge in [0.1, 0.15) is 55.4 Å². The van der Waals surface area contributed by atoms with Gasteiger partial charge in [0, 0.05) is 12.8 Å². The fourth-order valence-electron chi connectivity index (χ4n) is 6.21. The Morgan fingerprint density at radius 3 is 1.50 bits per heavy atom. The molecule has 2 heterocycles. The summed E-state index contributed by atoms with van der Waals surface area (Å²) >= 11 is 0. The summed E-state index contributed by atoms with van der Waals surface area (Å²) in [5.74, 6) is -0.935. The molecular weight excluding hydrogens is 684 g/mol. The molecule has 2 rings (SSSR count). The molecule has 7 N–H and O–H groups in total. The fraction of sp³-hybridized carbons (Fsp3) is 0.946. The Balaban J connectivity index is 1.91. The van der Waals surface area contributed by atoms with E-state index in [4.69, 9.17) is 28.4 Å². The van der Waals surface area contributed by atoms with E-state index in [1.807, 2.05) is 0 Å². The molecule has 0 aromatic heterocycles. The first-order valence-corrected chi connectivity index (χ1v) is 19.6. The van der Waals surface area contributed by atoms with E-state index in [-0.39, 0.29) is 26.1 Å². The van der Waals surface area contributed by atoms with Crippen LogP contribution in [0.15, 0.2) is 0 Å². The standard InChI is InChI=1S/C37H68O15/c1-3-5-7-9-11-12-13-14-16-18-20-29(40)50-25(22-47-28(39)19-17-15-10-8-6-4-2)23-48-36-35(46)33(44)31(42)27(52-36)24-49-37-34(45)32(43)30(41)26(21-38)51-37/h25-27,30-38,41-46H,3-24H2,1-2H3/t25-,26-,27-,30+,31+,32+,33+,34-,35-,36-,37+/m1/s1. The van der Waals surface area contributed by atoms with Crippen LogP contribution >= 0.6 is 0 Å². The van der Waals surface area contributed by atoms with Gasteiger partial charge in [0.2, 0.25) is 0 Å². The van der Waals surface area contributed by atoms with Crippen molar-refractivity contribution in [3.05, 3.63) is 0 Å². The molecule has 0 bridgehead atoms. The summed E-state index contributed by atoms with van der Waals surface area (Å²) in [4.78, 5) is 25.2. The molecule has 52 heavy (non-hydrogen) atoms. The second-order valence-corrected chi connectivity index (χ2v) is 14.1. The van der Waals surface area contributed by atoms with Crippen molar-refractivity contribution in [1.29, 1.82) is 0 Å². The summed E-state index contributed by atoms with van der Waals surface area (Å²) in [5, 5.41) is 71.4. The van der Waals surface area contributed by atoms with Crippen LogP contribution in [0.25, 0.3) is 0 Å². The van der Waals surface area contributed by atoms with Gasteiger partial charge in [-0.25, -0.2) is 0 Å². The molecule has 0 aliphatic carbocycles. The molecule has 2 saturated heterocycles. The Morgan fingerprint density at radius 1 is 0.538 bits per heavy atom. The maximum atomic E-state index is 12.8. The molecule has 0 amide bonds. The van der Waals surface area contributed by atoms with Crippen LogP contribution in [0.4, 0.5) is 0 Å². The van der Waals surface area contributed by atoms with Crippen molar-refractivity contribution in [1.82, 2.24) is 0 Å². The SMILES string of the molecule is CCCCCCCCCCCCC(=O)O[C@H](COC(=O)CCCCCCCC)CO[C@@H]1O[C@H](CO[C@H]2O[C@H](CO)[C@H](O)[C@H](O)[C@H]2O)[C@H](O)[C@H](O)[C@H]1O. The monoisotopic (exact) mass is 752 g/mol. The summed E-state index contributed by atoms with van der Waals surface area (Å²) in [5.41, 5.74) is 0. The molecule has 0 radical (unpaired) electrons. The number of unbranched alkanes of at least 4 members (excludes halogenated alkanes) is 14. The number of carbonyl (C=O) groups excluding carboxylic acids is 2. The zero-order valence-electron chi connectivity index (χ0n) is 31.3. The molecular formula is C37H68O15. The predicted octanol–water partition coefficient (Wildman–Crippen LogP) is 2.14. The van der Waals surface area contributed by atoms with E-state index < -0.39 is 92.7 Å². The van der Waals surface area contributed by atoms with Crippen molar-refractivity contribution in [2.24, 2.45) is 0 Å². The molecule has 15 nitrogen and oxygen atoms in total. The third kappa shape index (κ3) is 17.3. The number of esters is 2. The van der Waals surface area contributed by atoms with Crippen LogP contribution in [-0.4, -0.2) is 142 Å². The molecule has 0 spiro atoms. The molecule has 2 aliphatic rings. The van der Waals surface area contributed by atoms with Crippen LogP contribution in [-0.2, 0) is 38.0 Å². The summed E-state index contributed by atoms with van der Waals surface area (Å²) in [7, 11) is 0. The summed E-state index contributed by atoms with van der Waals surface area (Å²) < 4.78 is 33.2. The van der Waals surface area contributed by atoms with Crippen molar-refractivity contribution in [3.63, 3.8) is 0 Å². The van der Waals surface area contributed by atoms with Crippen LogP contribution in [0.3, 0.4) is 0 Å². The van der Waals surface area contributed by atoms with Gasteiger partial charge in [0.05, 0.1) is 19.8 Å². The van der Waals surface area contributed by atoms with Gasteiger partial charge in [-0.15, -0.1) is 0 Å². The number of rotatable bonds is 28. The van der Waals surface area contributed by atoms with Crippen LogP contribution in [0.1, 0.15) is 129 Å². The summed E-state index contributed by atoms with van der Waals surface area (Å²) in [6.07, 6.45) is 0.673. The van der Waals surface area contributed by atoms with Gasteiger partial charge in [0.15, 0.2) is 18.7 Å². The maximum Gasteiger partial charge on any atom is 0.306 e. The smallest absolute Gasteiger partial charge is 0.306 e. The van der Waals surface area contributed by atoms with Crippen LogP contribution in [0, 0.1) is 0 Å². The molecule has 2 fully saturated rings. The first-order chi connectivity index (χ1) is 25.0. The van der Waals surface area contributed by atoms with Gasteiger partial charge < -0.3 is 64.2 Å². The largest absolute Gasteiger partial charge is 0.462 e. The van der Waals surface area contributed by atoms with E-state index >= 15 is 0 Å². The van der Waals surface area contributed by atoms with Crippen molar-refractivity contribution >= 4 is 11.9 Å². The normalized spacial score (nSPS) is 29.9. The lowest BCUT2D eigenvalue weighted by Gasteiger charge is -2.42. The van der Waals surface area contributed by atoms with E-state index in [1.165, 1.54) is 38.5 Å². The van der Waals surface area contributed by atoms with E-state index in [1.54, 1.807) is 0 Å². The topological polar surface area (TPSA) is 231 Å². The van der Waals surface area contributed by atoms with E-state index in [2.05, 4.69) is 13.8 Å². The lowest BCUT2D eigenvalue weighted by molar-refractivity contribution is -0.332. The molecule has 11 atom stereocenters. The third-order valence-electron chi connectivity index (χ3n) is 9.59. The van der Waals surface area contributed by atoms with Gasteiger partial charge in [-0.05, 0) is 12.8 Å². The van der Waals surface area contributed by atoms with Crippen LogP contribution in [0.2, 0.25) is 0 Å². The molecule has 0 aromatic rings. The molecule has 306 valence electrons. The second kappa shape index (κ2) is 27.1. The Labute approximate surface area is 308 Å². The average Bonchev–Trinajstić information content (AvgIpc) is 3.13. The van der Waals surface area contributed by atoms with Crippen molar-refractivity contribution < 1.29 is 73.8 Å². The Morgan fingerprint density at radius 2 is 0.981 bits per heavy atom. The number of aliphatic hydroxyl groups is 7. The highest BCUT2D eigenvalue weighted by atomic mass is 16.7. The van der Waals surface area contributed by atoms with Gasteiger partial charge in [0.25, 0.3) is 0 Å². The predicted molar refractivity (Wildman–Crippen MR) is 188 cm³/mol. The summed E-state index contributed by atoms with van der Waals surface area (Å²) in [6.45, 7) is 2.46. The Bertz CT molecular complexity index is 939. The molecule has 0 aromatic carbocycles. The minimum absolute atomic E-state index is 0.170. The van der Waals surface area contributed by atoms with Crippen LogP contribution < -0.4 is 0 Å². The quantitative estimate of drug-likeness (QED) is 0.0449. The number of hydrogen-bond acceptors (Lipinski definition) is 15. The van der Waals surface area contributed by atoms with Gasteiger partial charge in [-0.3, -0.25) is 9.59 Å². The number of aliphatic hydroxyl groups excluding tert-OH is 7. The highest BCUT2D eigenvalue weighted by Crippen LogP contribution is 2.26. The molecule has 0 unspecified atom stereocenters. The zero-order chi connectivity index (χ0) is 38.3. The average molecular weight is 753 g/mol. The first-order valence-electron chi connectivity index (χ1n) is 19.6.